The summed E-state index contributed by atoms with van der Waals surface area (Å²) in [5.74, 6) is 1.37. The molecular weight excluding hydrogens is 591 g/mol. The molecule has 1 amide bonds. The number of likely N-dealkylation sites (N-methyl/N-ethyl adjacent to an activating group) is 1. The normalized spacial score (nSPS) is 16.4. The monoisotopic (exact) mass is 614 g/mol. The van der Waals surface area contributed by atoms with Crippen molar-refractivity contribution in [1.82, 2.24) is 4.90 Å². The first-order chi connectivity index (χ1) is 15.0. The Labute approximate surface area is 209 Å². The number of ether oxygens (including phenoxy) is 2. The van der Waals surface area contributed by atoms with Crippen LogP contribution in [0, 0.1) is 3.57 Å². The molecule has 1 aliphatic rings. The highest BCUT2D eigenvalue weighted by Crippen LogP contribution is 2.38. The Morgan fingerprint density at radius 2 is 1.90 bits per heavy atom. The molecule has 2 aromatic rings. The molecule has 0 atom stereocenters. The molecule has 0 unspecified atom stereocenters. The second-order valence-corrected chi connectivity index (χ2v) is 9.68. The number of benzene rings is 2. The molecule has 0 aliphatic carbocycles. The van der Waals surface area contributed by atoms with Gasteiger partial charge in [-0.3, -0.25) is 14.7 Å². The summed E-state index contributed by atoms with van der Waals surface area (Å²) >= 11 is 7.12. The second kappa shape index (κ2) is 11.4. The number of halogens is 2. The van der Waals surface area contributed by atoms with Gasteiger partial charge in [-0.1, -0.05) is 28.1 Å². The predicted octanol–water partition coefficient (Wildman–Crippen LogP) is 6.34. The van der Waals surface area contributed by atoms with E-state index in [0.717, 1.165) is 24.3 Å². The fourth-order valence-electron chi connectivity index (χ4n) is 3.00. The van der Waals surface area contributed by atoms with E-state index in [0.29, 0.717) is 42.7 Å². The number of amides is 1. The fraction of sp³-hybridized carbons (Fsp3) is 0.304. The first-order valence-electron chi connectivity index (χ1n) is 10.1. The van der Waals surface area contributed by atoms with E-state index < -0.39 is 0 Å². The molecule has 3 rings (SSSR count). The number of hydrogen-bond donors (Lipinski definition) is 0. The van der Waals surface area contributed by atoms with E-state index in [1.807, 2.05) is 63.2 Å². The maximum absolute atomic E-state index is 12.8. The third kappa shape index (κ3) is 6.04. The van der Waals surface area contributed by atoms with Crippen LogP contribution in [0.4, 0.5) is 0 Å². The molecule has 1 saturated heterocycles. The van der Waals surface area contributed by atoms with Gasteiger partial charge in [0.1, 0.15) is 6.61 Å². The zero-order valence-electron chi connectivity index (χ0n) is 17.7. The van der Waals surface area contributed by atoms with Gasteiger partial charge in [-0.2, -0.15) is 0 Å². The van der Waals surface area contributed by atoms with Crippen LogP contribution in [0.25, 0.3) is 6.08 Å². The minimum atomic E-state index is -0.0109. The molecule has 1 fully saturated rings. The number of amidine groups is 1. The van der Waals surface area contributed by atoms with Crippen LogP contribution in [0.3, 0.4) is 0 Å². The zero-order chi connectivity index (χ0) is 22.4. The Morgan fingerprint density at radius 3 is 2.55 bits per heavy atom. The maximum Gasteiger partial charge on any atom is 0.266 e. The van der Waals surface area contributed by atoms with Gasteiger partial charge in [0, 0.05) is 17.6 Å². The molecule has 2 aromatic carbocycles. The van der Waals surface area contributed by atoms with Crippen molar-refractivity contribution in [2.24, 2.45) is 4.99 Å². The van der Waals surface area contributed by atoms with E-state index in [2.05, 4.69) is 43.5 Å². The van der Waals surface area contributed by atoms with Crippen molar-refractivity contribution in [3.8, 4) is 11.5 Å². The Hall–Kier alpha value is -1.52. The maximum atomic E-state index is 12.8. The van der Waals surface area contributed by atoms with E-state index in [4.69, 9.17) is 9.47 Å². The van der Waals surface area contributed by atoms with Gasteiger partial charge in [-0.25, -0.2) is 0 Å². The molecule has 0 bridgehead atoms. The Kier molecular flexibility index (Phi) is 8.85. The minimum absolute atomic E-state index is 0.0109. The number of thioether (sulfide) groups is 1. The topological polar surface area (TPSA) is 51.1 Å². The van der Waals surface area contributed by atoms with Crippen molar-refractivity contribution in [1.29, 1.82) is 0 Å². The third-order valence-corrected chi connectivity index (χ3v) is 6.80. The summed E-state index contributed by atoms with van der Waals surface area (Å²) in [5, 5.41) is 0.760. The quantitative estimate of drug-likeness (QED) is 0.257. The number of aliphatic imine (C=N–C) groups is 1. The number of nitrogens with zero attached hydrogens (tertiary/aromatic N) is 2. The molecule has 0 N–H and O–H groups in total. The van der Waals surface area contributed by atoms with Gasteiger partial charge < -0.3 is 9.47 Å². The van der Waals surface area contributed by atoms with Crippen molar-refractivity contribution in [3.63, 3.8) is 0 Å². The summed E-state index contributed by atoms with van der Waals surface area (Å²) in [5.41, 5.74) is 1.97. The summed E-state index contributed by atoms with van der Waals surface area (Å²) in [6.07, 6.45) is 1.90. The molecule has 1 heterocycles. The number of carbonyl (C=O) groups is 1. The minimum Gasteiger partial charge on any atom is -0.490 e. The zero-order valence-corrected chi connectivity index (χ0v) is 22.2. The Morgan fingerprint density at radius 1 is 1.16 bits per heavy atom. The summed E-state index contributed by atoms with van der Waals surface area (Å²) in [6, 6.07) is 12.0. The molecule has 0 aromatic heterocycles. The second-order valence-electron chi connectivity index (χ2n) is 6.60. The molecule has 0 radical (unpaired) electrons. The molecule has 0 spiro atoms. The molecule has 164 valence electrons. The summed E-state index contributed by atoms with van der Waals surface area (Å²) < 4.78 is 13.9. The summed E-state index contributed by atoms with van der Waals surface area (Å²) in [6.45, 7) is 8.09. The van der Waals surface area contributed by atoms with E-state index >= 15 is 0 Å². The van der Waals surface area contributed by atoms with Crippen LogP contribution >= 0.6 is 50.3 Å². The van der Waals surface area contributed by atoms with E-state index in [-0.39, 0.29) is 5.91 Å². The van der Waals surface area contributed by atoms with Crippen molar-refractivity contribution >= 4 is 67.4 Å². The average molecular weight is 615 g/mol. The van der Waals surface area contributed by atoms with Crippen LogP contribution in [0.15, 0.2) is 50.8 Å². The van der Waals surface area contributed by atoms with E-state index in [1.165, 1.54) is 11.8 Å². The lowest BCUT2D eigenvalue weighted by atomic mass is 10.1. The van der Waals surface area contributed by atoms with E-state index in [1.54, 1.807) is 4.90 Å². The van der Waals surface area contributed by atoms with Crippen molar-refractivity contribution in [2.45, 2.75) is 27.4 Å². The number of hydrogen-bond acceptors (Lipinski definition) is 5. The van der Waals surface area contributed by atoms with Crippen LogP contribution in [0.2, 0.25) is 0 Å². The highest BCUT2D eigenvalue weighted by atomic mass is 127. The lowest BCUT2D eigenvalue weighted by Gasteiger charge is -2.15. The van der Waals surface area contributed by atoms with Gasteiger partial charge in [-0.15, -0.1) is 0 Å². The average Bonchev–Trinajstić information content (AvgIpc) is 3.03. The summed E-state index contributed by atoms with van der Waals surface area (Å²) in [7, 11) is 0. The first kappa shape index (κ1) is 24.1. The largest absolute Gasteiger partial charge is 0.490 e. The number of rotatable bonds is 8. The highest BCUT2D eigenvalue weighted by molar-refractivity contribution is 14.1. The van der Waals surface area contributed by atoms with Crippen LogP contribution in [-0.4, -0.2) is 35.7 Å². The van der Waals surface area contributed by atoms with Crippen molar-refractivity contribution in [3.05, 3.63) is 60.5 Å². The smallest absolute Gasteiger partial charge is 0.266 e. The van der Waals surface area contributed by atoms with Crippen molar-refractivity contribution in [2.75, 3.05) is 19.7 Å². The Bertz CT molecular complexity index is 1010. The van der Waals surface area contributed by atoms with Crippen LogP contribution in [0.1, 0.15) is 31.9 Å². The first-order valence-corrected chi connectivity index (χ1v) is 12.7. The van der Waals surface area contributed by atoms with E-state index in [9.17, 15) is 4.79 Å². The standard InChI is InChI=1S/C23H24BrIN2O3S/c1-4-26-23-27(5-2)22(28)20(31-23)13-16-11-18(25)21(19(12-16)29-6-3)30-14-15-7-9-17(24)10-8-15/h7-13H,4-6,14H2,1-3H3/b20-13+,26-23?. The van der Waals surface area contributed by atoms with Gasteiger partial charge in [0.2, 0.25) is 0 Å². The van der Waals surface area contributed by atoms with Gasteiger partial charge in [0.25, 0.3) is 5.91 Å². The lowest BCUT2D eigenvalue weighted by molar-refractivity contribution is -0.122. The SMILES string of the molecule is CCN=C1S/C(=C/c2cc(I)c(OCc3ccc(Br)cc3)c(OCC)c2)C(=O)N1CC. The third-order valence-electron chi connectivity index (χ3n) is 4.42. The summed E-state index contributed by atoms with van der Waals surface area (Å²) in [4.78, 5) is 19.6. The molecule has 0 saturated carbocycles. The lowest BCUT2D eigenvalue weighted by Crippen LogP contribution is -2.28. The molecule has 5 nitrogen and oxygen atoms in total. The Balaban J connectivity index is 1.87. The van der Waals surface area contributed by atoms with Gasteiger partial charge in [0.15, 0.2) is 16.7 Å². The molecular formula is C23H24BrIN2O3S. The van der Waals surface area contributed by atoms with Crippen LogP contribution < -0.4 is 9.47 Å². The predicted molar refractivity (Wildman–Crippen MR) is 140 cm³/mol. The van der Waals surface area contributed by atoms with Crippen LogP contribution in [0.5, 0.6) is 11.5 Å². The highest BCUT2D eigenvalue weighted by Gasteiger charge is 2.31. The van der Waals surface area contributed by atoms with Gasteiger partial charge >= 0.3 is 0 Å². The van der Waals surface area contributed by atoms with Crippen LogP contribution in [-0.2, 0) is 11.4 Å². The van der Waals surface area contributed by atoms with Gasteiger partial charge in [-0.05, 0) is 96.6 Å². The number of carbonyl (C=O) groups excluding carboxylic acids is 1. The molecule has 31 heavy (non-hydrogen) atoms. The fourth-order valence-corrected chi connectivity index (χ4v) is 5.15. The molecule has 1 aliphatic heterocycles. The van der Waals surface area contributed by atoms with Crippen molar-refractivity contribution < 1.29 is 14.3 Å². The molecule has 8 heteroatoms. The van der Waals surface area contributed by atoms with Gasteiger partial charge in [0.05, 0.1) is 15.1 Å².